The Morgan fingerprint density at radius 2 is 1.71 bits per heavy atom. The molecule has 0 N–H and O–H groups in total. The molecule has 3 rings (SSSR count). The van der Waals surface area contributed by atoms with Crippen molar-refractivity contribution < 1.29 is 28.6 Å². The van der Waals surface area contributed by atoms with E-state index in [9.17, 15) is 10.1 Å². The second kappa shape index (κ2) is 4.50. The van der Waals surface area contributed by atoms with E-state index in [1.165, 1.54) is 0 Å². The molecule has 0 bridgehead atoms. The Labute approximate surface area is 126 Å². The number of ether oxygens (including phenoxy) is 5. The summed E-state index contributed by atoms with van der Waals surface area (Å²) in [6.07, 6.45) is -2.95. The summed E-state index contributed by atoms with van der Waals surface area (Å²) >= 11 is 6.06. The Balaban J connectivity index is 1.88. The normalized spacial score (nSPS) is 47.5. The van der Waals surface area contributed by atoms with E-state index in [0.29, 0.717) is 0 Å². The second-order valence-corrected chi connectivity index (χ2v) is 6.88. The maximum atomic E-state index is 11.3. The minimum Gasteiger partial charge on any atom is -0.348 e. The van der Waals surface area contributed by atoms with E-state index in [4.69, 9.17) is 35.3 Å². The van der Waals surface area contributed by atoms with Crippen LogP contribution in [0.4, 0.5) is 0 Å². The van der Waals surface area contributed by atoms with Crippen molar-refractivity contribution >= 4 is 11.6 Å². The van der Waals surface area contributed by atoms with Crippen LogP contribution in [-0.2, 0) is 23.7 Å². The fraction of sp³-hybridized carbons (Fsp3) is 1.00. The summed E-state index contributed by atoms with van der Waals surface area (Å²) in [5.41, 5.74) is 0. The molecule has 5 unspecified atom stereocenters. The zero-order chi connectivity index (χ0) is 15.6. The number of rotatable bonds is 2. The van der Waals surface area contributed by atoms with Crippen molar-refractivity contribution in [1.29, 1.82) is 0 Å². The number of fused-ring (bicyclic) bond motifs is 1. The molecule has 3 saturated heterocycles. The van der Waals surface area contributed by atoms with E-state index < -0.39 is 46.1 Å². The quantitative estimate of drug-likeness (QED) is 0.327. The summed E-state index contributed by atoms with van der Waals surface area (Å²) in [5, 5.41) is 9.12. The van der Waals surface area contributed by atoms with Crippen LogP contribution in [0, 0.1) is 10.1 Å². The van der Waals surface area contributed by atoms with Crippen LogP contribution < -0.4 is 0 Å². The maximum Gasteiger partial charge on any atom is 0.433 e. The minimum atomic E-state index is -2.18. The zero-order valence-corrected chi connectivity index (χ0v) is 13.0. The van der Waals surface area contributed by atoms with Crippen LogP contribution in [0.2, 0.25) is 0 Å². The second-order valence-electron chi connectivity index (χ2n) is 6.34. The highest BCUT2D eigenvalue weighted by molar-refractivity contribution is 6.22. The predicted molar refractivity (Wildman–Crippen MR) is 69.2 cm³/mol. The summed E-state index contributed by atoms with van der Waals surface area (Å²) in [6.45, 7) is 7.12. The fourth-order valence-electron chi connectivity index (χ4n) is 2.94. The molecule has 0 radical (unpaired) electrons. The van der Waals surface area contributed by atoms with Crippen molar-refractivity contribution in [3.8, 4) is 0 Å². The van der Waals surface area contributed by atoms with Gasteiger partial charge < -0.3 is 18.9 Å². The molecular formula is C12H18ClNO7. The van der Waals surface area contributed by atoms with Crippen LogP contribution in [0.25, 0.3) is 0 Å². The molecule has 0 amide bonds. The molecule has 5 atom stereocenters. The largest absolute Gasteiger partial charge is 0.433 e. The van der Waals surface area contributed by atoms with Crippen molar-refractivity contribution in [2.45, 2.75) is 68.9 Å². The van der Waals surface area contributed by atoms with Gasteiger partial charge in [-0.1, -0.05) is 0 Å². The predicted octanol–water partition coefficient (Wildman–Crippen LogP) is 1.23. The first-order chi connectivity index (χ1) is 9.54. The first-order valence-electron chi connectivity index (χ1n) is 6.73. The molecular weight excluding hydrogens is 306 g/mol. The molecule has 3 aliphatic rings. The fourth-order valence-corrected chi connectivity index (χ4v) is 3.21. The van der Waals surface area contributed by atoms with Gasteiger partial charge in [-0.05, 0) is 39.3 Å². The Morgan fingerprint density at radius 3 is 2.24 bits per heavy atom. The van der Waals surface area contributed by atoms with Crippen molar-refractivity contribution in [1.82, 2.24) is 0 Å². The van der Waals surface area contributed by atoms with E-state index in [-0.39, 0.29) is 6.61 Å². The lowest BCUT2D eigenvalue weighted by Gasteiger charge is -2.26. The Morgan fingerprint density at radius 1 is 1.05 bits per heavy atom. The van der Waals surface area contributed by atoms with Gasteiger partial charge in [-0.15, -0.1) is 0 Å². The minimum absolute atomic E-state index is 0.245. The van der Waals surface area contributed by atoms with Crippen LogP contribution >= 0.6 is 11.6 Å². The molecule has 120 valence electrons. The van der Waals surface area contributed by atoms with Gasteiger partial charge in [0.15, 0.2) is 11.6 Å². The van der Waals surface area contributed by atoms with E-state index in [1.54, 1.807) is 27.7 Å². The molecule has 3 fully saturated rings. The lowest BCUT2D eigenvalue weighted by atomic mass is 10.1. The lowest BCUT2D eigenvalue weighted by Crippen LogP contribution is -2.45. The van der Waals surface area contributed by atoms with Gasteiger partial charge in [0.1, 0.15) is 18.3 Å². The molecule has 0 aromatic heterocycles. The number of hydrogen-bond donors (Lipinski definition) is 0. The smallest absolute Gasteiger partial charge is 0.348 e. The molecule has 21 heavy (non-hydrogen) atoms. The monoisotopic (exact) mass is 323 g/mol. The summed E-state index contributed by atoms with van der Waals surface area (Å²) in [4.78, 5) is 10.6. The van der Waals surface area contributed by atoms with Crippen molar-refractivity contribution in [2.75, 3.05) is 6.61 Å². The Kier molecular flexibility index (Phi) is 3.30. The van der Waals surface area contributed by atoms with Crippen molar-refractivity contribution in [3.05, 3.63) is 10.1 Å². The molecule has 3 aliphatic heterocycles. The van der Waals surface area contributed by atoms with E-state index in [2.05, 4.69) is 0 Å². The van der Waals surface area contributed by atoms with Crippen molar-refractivity contribution in [3.63, 3.8) is 0 Å². The summed E-state index contributed by atoms with van der Waals surface area (Å²) in [7, 11) is 0. The van der Waals surface area contributed by atoms with Crippen LogP contribution in [-0.4, -0.2) is 52.7 Å². The summed E-state index contributed by atoms with van der Waals surface area (Å²) < 4.78 is 28.0. The molecule has 9 heteroatoms. The molecule has 0 aliphatic carbocycles. The summed E-state index contributed by atoms with van der Waals surface area (Å²) in [5.74, 6) is -1.74. The molecule has 0 aromatic rings. The molecule has 0 spiro atoms. The Hall–Kier alpha value is -0.510. The van der Waals surface area contributed by atoms with Crippen LogP contribution in [0.3, 0.4) is 0 Å². The third kappa shape index (κ3) is 2.43. The number of nitro groups is 1. The highest BCUT2D eigenvalue weighted by atomic mass is 35.5. The first-order valence-corrected chi connectivity index (χ1v) is 7.10. The van der Waals surface area contributed by atoms with Gasteiger partial charge in [-0.3, -0.25) is 14.9 Å². The number of nitrogens with zero attached hydrogens (tertiary/aromatic N) is 1. The van der Waals surface area contributed by atoms with E-state index in [0.717, 1.165) is 0 Å². The average Bonchev–Trinajstić information content (AvgIpc) is 2.92. The number of alkyl halides is 1. The van der Waals surface area contributed by atoms with Gasteiger partial charge in [0.05, 0.1) is 11.5 Å². The molecule has 3 heterocycles. The van der Waals surface area contributed by atoms with Crippen LogP contribution in [0.1, 0.15) is 27.7 Å². The van der Waals surface area contributed by atoms with Gasteiger partial charge in [-0.2, -0.15) is 0 Å². The Bertz CT molecular complexity index is 471. The third-order valence-corrected chi connectivity index (χ3v) is 4.19. The standard InChI is InChI=1S/C12H18ClNO7/c1-10(2)17-5-6(18-10)7-8-9(21-11(3,4)19-8)12(13,20-7)14(15)16/h6-9H,5H2,1-4H3. The van der Waals surface area contributed by atoms with E-state index in [1.807, 2.05) is 0 Å². The topological polar surface area (TPSA) is 89.3 Å². The van der Waals surface area contributed by atoms with Crippen LogP contribution in [0.15, 0.2) is 0 Å². The van der Waals surface area contributed by atoms with Gasteiger partial charge in [-0.25, -0.2) is 0 Å². The average molecular weight is 324 g/mol. The number of hydrogen-bond acceptors (Lipinski definition) is 7. The highest BCUT2D eigenvalue weighted by Crippen LogP contribution is 2.48. The van der Waals surface area contributed by atoms with Gasteiger partial charge in [0.2, 0.25) is 6.10 Å². The lowest BCUT2D eigenvalue weighted by molar-refractivity contribution is -0.606. The highest BCUT2D eigenvalue weighted by Gasteiger charge is 2.72. The first kappa shape index (κ1) is 15.4. The molecule has 0 saturated carbocycles. The van der Waals surface area contributed by atoms with Gasteiger partial charge >= 0.3 is 5.18 Å². The molecule has 0 aromatic carbocycles. The zero-order valence-electron chi connectivity index (χ0n) is 12.2. The van der Waals surface area contributed by atoms with E-state index >= 15 is 0 Å². The van der Waals surface area contributed by atoms with Gasteiger partial charge in [0.25, 0.3) is 0 Å². The van der Waals surface area contributed by atoms with Crippen molar-refractivity contribution in [2.24, 2.45) is 0 Å². The van der Waals surface area contributed by atoms with Gasteiger partial charge in [0, 0.05) is 0 Å². The van der Waals surface area contributed by atoms with Crippen LogP contribution in [0.5, 0.6) is 0 Å². The maximum absolute atomic E-state index is 11.3. The SMILES string of the molecule is CC1(C)OCC(C2OC(Cl)([N+](=O)[O-])C3OC(C)(C)OC23)O1. The summed E-state index contributed by atoms with van der Waals surface area (Å²) in [6, 6.07) is 0. The third-order valence-electron chi connectivity index (χ3n) is 3.75. The molecule has 8 nitrogen and oxygen atoms in total. The number of halogens is 1.